The molecule has 0 heterocycles. The first-order valence-electron chi connectivity index (χ1n) is 8.69. The van der Waals surface area contributed by atoms with Crippen LogP contribution >= 0.6 is 0 Å². The molecule has 0 saturated heterocycles. The third kappa shape index (κ3) is 5.73. The highest BCUT2D eigenvalue weighted by Crippen LogP contribution is 2.23. The normalized spacial score (nSPS) is 20.6. The first-order valence-corrected chi connectivity index (χ1v) is 8.69. The average molecular weight is 351 g/mol. The summed E-state index contributed by atoms with van der Waals surface area (Å²) in [5.74, 6) is -0.551. The lowest BCUT2D eigenvalue weighted by Crippen LogP contribution is -2.45. The van der Waals surface area contributed by atoms with E-state index in [1.165, 1.54) is 30.7 Å². The summed E-state index contributed by atoms with van der Waals surface area (Å²) >= 11 is 0. The molecule has 5 nitrogen and oxygen atoms in total. The maximum atomic E-state index is 12.9. The summed E-state index contributed by atoms with van der Waals surface area (Å²) in [7, 11) is 0. The van der Waals surface area contributed by atoms with Crippen molar-refractivity contribution in [2.24, 2.45) is 5.92 Å². The molecular formula is C19H26FNO4. The molecule has 6 heteroatoms. The van der Waals surface area contributed by atoms with Crippen LogP contribution in [0.2, 0.25) is 0 Å². The predicted octanol–water partition coefficient (Wildman–Crippen LogP) is 3.22. The van der Waals surface area contributed by atoms with Crippen LogP contribution in [0.25, 0.3) is 0 Å². The topological polar surface area (TPSA) is 64.6 Å². The van der Waals surface area contributed by atoms with Gasteiger partial charge in [0.2, 0.25) is 0 Å². The van der Waals surface area contributed by atoms with Gasteiger partial charge in [0.05, 0.1) is 0 Å². The van der Waals surface area contributed by atoms with E-state index >= 15 is 0 Å². The molecule has 25 heavy (non-hydrogen) atoms. The van der Waals surface area contributed by atoms with Crippen molar-refractivity contribution < 1.29 is 23.5 Å². The fourth-order valence-electron chi connectivity index (χ4n) is 2.92. The molecule has 1 aliphatic rings. The van der Waals surface area contributed by atoms with Gasteiger partial charge in [-0.25, -0.2) is 9.18 Å². The lowest BCUT2D eigenvalue weighted by atomic mass is 9.86. The zero-order valence-electron chi connectivity index (χ0n) is 15.0. The number of rotatable bonds is 6. The van der Waals surface area contributed by atoms with E-state index in [-0.39, 0.29) is 24.4 Å². The van der Waals surface area contributed by atoms with Crippen LogP contribution in [0.1, 0.15) is 46.5 Å². The summed E-state index contributed by atoms with van der Waals surface area (Å²) in [4.78, 5) is 24.2. The van der Waals surface area contributed by atoms with Gasteiger partial charge in [-0.05, 0) is 56.9 Å². The molecule has 1 fully saturated rings. The van der Waals surface area contributed by atoms with Crippen molar-refractivity contribution >= 4 is 11.9 Å². The summed E-state index contributed by atoms with van der Waals surface area (Å²) in [5, 5.41) is 2.93. The molecule has 1 aromatic carbocycles. The van der Waals surface area contributed by atoms with Crippen molar-refractivity contribution in [3.8, 4) is 5.75 Å². The van der Waals surface area contributed by atoms with E-state index in [2.05, 4.69) is 12.2 Å². The lowest BCUT2D eigenvalue weighted by molar-refractivity contribution is -0.162. The van der Waals surface area contributed by atoms with Gasteiger partial charge in [0, 0.05) is 6.04 Å². The molecule has 1 N–H and O–H groups in total. The largest absolute Gasteiger partial charge is 0.476 e. The molecule has 0 spiro atoms. The lowest BCUT2D eigenvalue weighted by Gasteiger charge is -2.29. The van der Waals surface area contributed by atoms with Gasteiger partial charge in [-0.2, -0.15) is 0 Å². The van der Waals surface area contributed by atoms with Crippen LogP contribution in [0.5, 0.6) is 5.75 Å². The minimum Gasteiger partial charge on any atom is -0.476 e. The molecule has 2 rings (SSSR count). The standard InChI is InChI=1S/C19H26FNO4/c1-13-6-4-5-7-16(13)21-17(22)12-24-18(23)19(2,3)25-15-10-8-14(20)9-11-15/h8-11,13,16H,4-7,12H2,1-3H3,(H,21,22)/t13-,16-/m1/s1. The quantitative estimate of drug-likeness (QED) is 0.799. The second-order valence-corrected chi connectivity index (χ2v) is 7.08. The maximum absolute atomic E-state index is 12.9. The van der Waals surface area contributed by atoms with Crippen molar-refractivity contribution in [3.05, 3.63) is 30.1 Å². The Morgan fingerprint density at radius 3 is 2.48 bits per heavy atom. The van der Waals surface area contributed by atoms with Gasteiger partial charge in [0.25, 0.3) is 5.91 Å². The molecule has 1 aliphatic carbocycles. The summed E-state index contributed by atoms with van der Waals surface area (Å²) in [5.41, 5.74) is -1.28. The predicted molar refractivity (Wildman–Crippen MR) is 91.6 cm³/mol. The van der Waals surface area contributed by atoms with E-state index in [0.717, 1.165) is 19.3 Å². The number of halogens is 1. The van der Waals surface area contributed by atoms with Crippen molar-refractivity contribution in [1.29, 1.82) is 0 Å². The Morgan fingerprint density at radius 1 is 1.20 bits per heavy atom. The second kappa shape index (κ2) is 8.32. The number of ether oxygens (including phenoxy) is 2. The number of hydrogen-bond acceptors (Lipinski definition) is 4. The number of esters is 1. The van der Waals surface area contributed by atoms with Gasteiger partial charge in [0.1, 0.15) is 11.6 Å². The second-order valence-electron chi connectivity index (χ2n) is 7.08. The molecular weight excluding hydrogens is 325 g/mol. The summed E-state index contributed by atoms with van der Waals surface area (Å²) in [6.45, 7) is 4.87. The number of hydrogen-bond donors (Lipinski definition) is 1. The van der Waals surface area contributed by atoms with E-state index in [0.29, 0.717) is 11.7 Å². The van der Waals surface area contributed by atoms with Gasteiger partial charge < -0.3 is 14.8 Å². The number of carbonyl (C=O) groups is 2. The smallest absolute Gasteiger partial charge is 0.350 e. The Morgan fingerprint density at radius 2 is 1.84 bits per heavy atom. The van der Waals surface area contributed by atoms with Crippen LogP contribution in [-0.2, 0) is 14.3 Å². The van der Waals surface area contributed by atoms with Crippen LogP contribution < -0.4 is 10.1 Å². The minimum absolute atomic E-state index is 0.142. The van der Waals surface area contributed by atoms with Crippen molar-refractivity contribution in [3.63, 3.8) is 0 Å². The molecule has 0 aromatic heterocycles. The zero-order chi connectivity index (χ0) is 18.4. The highest BCUT2D eigenvalue weighted by atomic mass is 19.1. The van der Waals surface area contributed by atoms with E-state index in [1.807, 2.05) is 0 Å². The van der Waals surface area contributed by atoms with Crippen LogP contribution in [0, 0.1) is 11.7 Å². The van der Waals surface area contributed by atoms with Gasteiger partial charge >= 0.3 is 5.97 Å². The fraction of sp³-hybridized carbons (Fsp3) is 0.579. The van der Waals surface area contributed by atoms with Crippen molar-refractivity contribution in [2.45, 2.75) is 58.1 Å². The molecule has 2 atom stereocenters. The van der Waals surface area contributed by atoms with Crippen LogP contribution in [0.15, 0.2) is 24.3 Å². The van der Waals surface area contributed by atoms with E-state index in [9.17, 15) is 14.0 Å². The Bertz CT molecular complexity index is 600. The molecule has 1 aromatic rings. The highest BCUT2D eigenvalue weighted by molar-refractivity contribution is 5.84. The Hall–Kier alpha value is -2.11. The first-order chi connectivity index (χ1) is 11.8. The third-order valence-corrected chi connectivity index (χ3v) is 4.47. The van der Waals surface area contributed by atoms with Crippen LogP contribution in [0.3, 0.4) is 0 Å². The number of nitrogens with one attached hydrogen (secondary N) is 1. The summed E-state index contributed by atoms with van der Waals surface area (Å²) in [6, 6.07) is 5.50. The molecule has 1 amide bonds. The summed E-state index contributed by atoms with van der Waals surface area (Å²) < 4.78 is 23.6. The van der Waals surface area contributed by atoms with Gasteiger partial charge in [0.15, 0.2) is 12.2 Å². The average Bonchev–Trinajstić information content (AvgIpc) is 2.56. The van der Waals surface area contributed by atoms with E-state index in [4.69, 9.17) is 9.47 Å². The van der Waals surface area contributed by atoms with Crippen LogP contribution in [0.4, 0.5) is 4.39 Å². The Kier molecular flexibility index (Phi) is 6.39. The third-order valence-electron chi connectivity index (χ3n) is 4.47. The molecule has 0 radical (unpaired) electrons. The molecule has 0 bridgehead atoms. The maximum Gasteiger partial charge on any atom is 0.350 e. The number of benzene rings is 1. The van der Waals surface area contributed by atoms with E-state index in [1.54, 1.807) is 13.8 Å². The molecule has 138 valence electrons. The number of carbonyl (C=O) groups excluding carboxylic acids is 2. The van der Waals surface area contributed by atoms with Gasteiger partial charge in [-0.3, -0.25) is 4.79 Å². The van der Waals surface area contributed by atoms with E-state index < -0.39 is 11.6 Å². The number of amides is 1. The zero-order valence-corrected chi connectivity index (χ0v) is 15.0. The van der Waals surface area contributed by atoms with Gasteiger partial charge in [-0.15, -0.1) is 0 Å². The minimum atomic E-state index is -1.28. The molecule has 0 unspecified atom stereocenters. The monoisotopic (exact) mass is 351 g/mol. The molecule has 0 aliphatic heterocycles. The Balaban J connectivity index is 1.81. The van der Waals surface area contributed by atoms with Crippen molar-refractivity contribution in [2.75, 3.05) is 6.61 Å². The van der Waals surface area contributed by atoms with Crippen molar-refractivity contribution in [1.82, 2.24) is 5.32 Å². The van der Waals surface area contributed by atoms with Crippen LogP contribution in [-0.4, -0.2) is 30.1 Å². The summed E-state index contributed by atoms with van der Waals surface area (Å²) in [6.07, 6.45) is 4.36. The van der Waals surface area contributed by atoms with Gasteiger partial charge in [-0.1, -0.05) is 19.8 Å². The first kappa shape index (κ1) is 19.2. The Labute approximate surface area is 147 Å². The highest BCUT2D eigenvalue weighted by Gasteiger charge is 2.32. The molecule has 1 saturated carbocycles. The fourth-order valence-corrected chi connectivity index (χ4v) is 2.92. The SMILES string of the molecule is C[C@@H]1CCCC[C@H]1NC(=O)COC(=O)C(C)(C)Oc1ccc(F)cc1.